The first-order valence-electron chi connectivity index (χ1n) is 9.02. The van der Waals surface area contributed by atoms with Gasteiger partial charge in [0, 0.05) is 13.1 Å². The maximum Gasteiger partial charge on any atom is 0.162 e. The van der Waals surface area contributed by atoms with Gasteiger partial charge in [-0.15, -0.1) is 6.42 Å². The molecule has 1 saturated heterocycles. The standard InChI is InChI=1S/C22H25NO3/c1-3-14-23-15-16-25-21(17-23)22(18-10-6-5-7-11-18)26-20-13-9-8-12-19(20)24-4-2/h1,5-13,21-22H,4,14-17H2,2H3. The minimum absolute atomic E-state index is 0.103. The molecule has 1 aliphatic rings. The van der Waals surface area contributed by atoms with Gasteiger partial charge in [-0.1, -0.05) is 48.4 Å². The fraction of sp³-hybridized carbons (Fsp3) is 0.364. The molecule has 1 aliphatic heterocycles. The minimum Gasteiger partial charge on any atom is -0.490 e. The Morgan fingerprint density at radius 3 is 2.62 bits per heavy atom. The summed E-state index contributed by atoms with van der Waals surface area (Å²) in [6, 6.07) is 17.9. The van der Waals surface area contributed by atoms with Gasteiger partial charge in [-0.2, -0.15) is 0 Å². The quantitative estimate of drug-likeness (QED) is 0.714. The van der Waals surface area contributed by atoms with Crippen LogP contribution in [0.4, 0.5) is 0 Å². The summed E-state index contributed by atoms with van der Waals surface area (Å²) in [6.45, 7) is 5.40. The monoisotopic (exact) mass is 351 g/mol. The molecule has 136 valence electrons. The highest BCUT2D eigenvalue weighted by atomic mass is 16.6. The fourth-order valence-electron chi connectivity index (χ4n) is 3.15. The van der Waals surface area contributed by atoms with Crippen LogP contribution in [0.15, 0.2) is 54.6 Å². The van der Waals surface area contributed by atoms with Crippen molar-refractivity contribution in [2.45, 2.75) is 19.1 Å². The topological polar surface area (TPSA) is 30.9 Å². The molecule has 3 rings (SSSR count). The average Bonchev–Trinajstić information content (AvgIpc) is 2.69. The van der Waals surface area contributed by atoms with Crippen LogP contribution in [-0.4, -0.2) is 43.9 Å². The number of morpholine rings is 1. The second kappa shape index (κ2) is 9.28. The van der Waals surface area contributed by atoms with Crippen molar-refractivity contribution in [3.8, 4) is 23.8 Å². The number of para-hydroxylation sites is 2. The normalized spacial score (nSPS) is 18.7. The SMILES string of the molecule is C#CCN1CCOC(C(Oc2ccccc2OCC)c2ccccc2)C1. The van der Waals surface area contributed by atoms with Crippen molar-refractivity contribution in [1.82, 2.24) is 4.90 Å². The molecule has 2 atom stereocenters. The van der Waals surface area contributed by atoms with Gasteiger partial charge in [0.2, 0.25) is 0 Å². The number of terminal acetylenes is 1. The van der Waals surface area contributed by atoms with E-state index >= 15 is 0 Å². The summed E-state index contributed by atoms with van der Waals surface area (Å²) in [6.07, 6.45) is 5.15. The van der Waals surface area contributed by atoms with E-state index in [-0.39, 0.29) is 12.2 Å². The van der Waals surface area contributed by atoms with Gasteiger partial charge in [0.05, 0.1) is 19.8 Å². The van der Waals surface area contributed by atoms with Gasteiger partial charge in [-0.25, -0.2) is 0 Å². The summed E-state index contributed by atoms with van der Waals surface area (Å²) in [4.78, 5) is 2.22. The lowest BCUT2D eigenvalue weighted by Gasteiger charge is -2.36. The van der Waals surface area contributed by atoms with Crippen LogP contribution in [-0.2, 0) is 4.74 Å². The molecule has 2 aromatic rings. The summed E-state index contributed by atoms with van der Waals surface area (Å²) >= 11 is 0. The molecule has 2 aromatic carbocycles. The van der Waals surface area contributed by atoms with Crippen molar-refractivity contribution in [2.24, 2.45) is 0 Å². The van der Waals surface area contributed by atoms with Crippen molar-refractivity contribution in [3.05, 3.63) is 60.2 Å². The lowest BCUT2D eigenvalue weighted by molar-refractivity contribution is -0.0793. The minimum atomic E-state index is -0.238. The Morgan fingerprint density at radius 2 is 1.88 bits per heavy atom. The van der Waals surface area contributed by atoms with E-state index in [1.54, 1.807) is 0 Å². The van der Waals surface area contributed by atoms with E-state index in [1.807, 2.05) is 49.4 Å². The predicted molar refractivity (Wildman–Crippen MR) is 102 cm³/mol. The Morgan fingerprint density at radius 1 is 1.15 bits per heavy atom. The number of rotatable bonds is 7. The zero-order valence-corrected chi connectivity index (χ0v) is 15.1. The van der Waals surface area contributed by atoms with E-state index in [2.05, 4.69) is 23.0 Å². The number of hydrogen-bond acceptors (Lipinski definition) is 4. The van der Waals surface area contributed by atoms with Gasteiger partial charge in [0.25, 0.3) is 0 Å². The molecule has 0 bridgehead atoms. The summed E-state index contributed by atoms with van der Waals surface area (Å²) < 4.78 is 18.2. The van der Waals surface area contributed by atoms with Crippen LogP contribution in [0.25, 0.3) is 0 Å². The first kappa shape index (κ1) is 18.3. The maximum absolute atomic E-state index is 6.42. The third kappa shape index (κ3) is 4.57. The molecule has 1 heterocycles. The Bertz CT molecular complexity index is 726. The van der Waals surface area contributed by atoms with Crippen LogP contribution in [0.3, 0.4) is 0 Å². The third-order valence-corrected chi connectivity index (χ3v) is 4.36. The lowest BCUT2D eigenvalue weighted by atomic mass is 10.0. The molecule has 0 aliphatic carbocycles. The van der Waals surface area contributed by atoms with Gasteiger partial charge in [-0.3, -0.25) is 4.90 Å². The van der Waals surface area contributed by atoms with Crippen LogP contribution < -0.4 is 9.47 Å². The molecule has 26 heavy (non-hydrogen) atoms. The highest BCUT2D eigenvalue weighted by Crippen LogP contribution is 2.34. The summed E-state index contributed by atoms with van der Waals surface area (Å²) in [7, 11) is 0. The van der Waals surface area contributed by atoms with Gasteiger partial charge in [-0.05, 0) is 24.6 Å². The van der Waals surface area contributed by atoms with Crippen molar-refractivity contribution in [2.75, 3.05) is 32.8 Å². The van der Waals surface area contributed by atoms with Gasteiger partial charge in [0.1, 0.15) is 6.10 Å². The van der Waals surface area contributed by atoms with E-state index in [4.69, 9.17) is 20.6 Å². The highest BCUT2D eigenvalue weighted by Gasteiger charge is 2.31. The van der Waals surface area contributed by atoms with Crippen LogP contribution >= 0.6 is 0 Å². The molecule has 0 N–H and O–H groups in total. The molecule has 0 amide bonds. The predicted octanol–water partition coefficient (Wildman–Crippen LogP) is 3.54. The Kier molecular flexibility index (Phi) is 6.54. The highest BCUT2D eigenvalue weighted by molar-refractivity contribution is 5.40. The zero-order valence-electron chi connectivity index (χ0n) is 15.1. The van der Waals surface area contributed by atoms with E-state index in [1.165, 1.54) is 0 Å². The van der Waals surface area contributed by atoms with Crippen molar-refractivity contribution in [1.29, 1.82) is 0 Å². The third-order valence-electron chi connectivity index (χ3n) is 4.36. The van der Waals surface area contributed by atoms with Gasteiger partial charge < -0.3 is 14.2 Å². The Labute approximate surface area is 155 Å². The first-order valence-corrected chi connectivity index (χ1v) is 9.02. The lowest BCUT2D eigenvalue weighted by Crippen LogP contribution is -2.46. The first-order chi connectivity index (χ1) is 12.8. The van der Waals surface area contributed by atoms with E-state index in [0.717, 1.165) is 30.2 Å². The number of benzene rings is 2. The molecule has 1 fully saturated rings. The molecule has 0 spiro atoms. The van der Waals surface area contributed by atoms with Crippen molar-refractivity contribution < 1.29 is 14.2 Å². The van der Waals surface area contributed by atoms with Crippen molar-refractivity contribution >= 4 is 0 Å². The number of ether oxygens (including phenoxy) is 3. The number of hydrogen-bond donors (Lipinski definition) is 0. The molecule has 0 saturated carbocycles. The van der Waals surface area contributed by atoms with E-state index < -0.39 is 0 Å². The molecule has 0 aromatic heterocycles. The largest absolute Gasteiger partial charge is 0.490 e. The average molecular weight is 351 g/mol. The fourth-order valence-corrected chi connectivity index (χ4v) is 3.15. The van der Waals surface area contributed by atoms with Crippen LogP contribution in [0.2, 0.25) is 0 Å². The summed E-state index contributed by atoms with van der Waals surface area (Å²) in [5.41, 5.74) is 1.08. The number of nitrogens with zero attached hydrogens (tertiary/aromatic N) is 1. The molecule has 0 radical (unpaired) electrons. The Hall–Kier alpha value is -2.48. The molecule has 4 nitrogen and oxygen atoms in total. The maximum atomic E-state index is 6.42. The zero-order chi connectivity index (χ0) is 18.2. The van der Waals surface area contributed by atoms with Crippen molar-refractivity contribution in [3.63, 3.8) is 0 Å². The molecular formula is C22H25NO3. The summed E-state index contributed by atoms with van der Waals surface area (Å²) in [5.74, 6) is 4.19. The van der Waals surface area contributed by atoms with Crippen LogP contribution in [0.5, 0.6) is 11.5 Å². The van der Waals surface area contributed by atoms with Gasteiger partial charge >= 0.3 is 0 Å². The second-order valence-electron chi connectivity index (χ2n) is 6.18. The van der Waals surface area contributed by atoms with Gasteiger partial charge in [0.15, 0.2) is 17.6 Å². The summed E-state index contributed by atoms with van der Waals surface area (Å²) in [5, 5.41) is 0. The van der Waals surface area contributed by atoms with E-state index in [9.17, 15) is 0 Å². The molecule has 2 unspecified atom stereocenters. The Balaban J connectivity index is 1.86. The molecule has 4 heteroatoms. The van der Waals surface area contributed by atoms with E-state index in [0.29, 0.717) is 19.8 Å². The van der Waals surface area contributed by atoms with Crippen LogP contribution in [0, 0.1) is 12.3 Å². The molecular weight excluding hydrogens is 326 g/mol. The second-order valence-corrected chi connectivity index (χ2v) is 6.18. The van der Waals surface area contributed by atoms with Crippen LogP contribution in [0.1, 0.15) is 18.6 Å². The smallest absolute Gasteiger partial charge is 0.162 e.